The Bertz CT molecular complexity index is 616. The van der Waals surface area contributed by atoms with Crippen molar-refractivity contribution in [2.75, 3.05) is 32.5 Å². The van der Waals surface area contributed by atoms with Gasteiger partial charge in [-0.3, -0.25) is 0 Å². The topological polar surface area (TPSA) is 77.4 Å². The van der Waals surface area contributed by atoms with Gasteiger partial charge in [-0.2, -0.15) is 4.98 Å². The summed E-state index contributed by atoms with van der Waals surface area (Å²) in [5, 5.41) is 4.03. The predicted molar refractivity (Wildman–Crippen MR) is 83.1 cm³/mol. The van der Waals surface area contributed by atoms with Crippen molar-refractivity contribution < 1.29 is 9.26 Å². The average molecular weight is 386 g/mol. The lowest BCUT2D eigenvalue weighted by Crippen LogP contribution is -2.35. The molecule has 0 amide bonds. The molecule has 2 N–H and O–H groups in total. The molecule has 0 bridgehead atoms. The second-order valence-corrected chi connectivity index (χ2v) is 6.06. The van der Waals surface area contributed by atoms with Gasteiger partial charge in [-0.1, -0.05) is 5.16 Å². The molecule has 106 valence electrons. The summed E-state index contributed by atoms with van der Waals surface area (Å²) in [5.41, 5.74) is 7.35. The number of hydrogen-bond donors (Lipinski definition) is 1. The van der Waals surface area contributed by atoms with Crippen molar-refractivity contribution in [2.45, 2.75) is 6.10 Å². The first kappa shape index (κ1) is 13.8. The SMILES string of the molecule is CN1CCOC(c2noc(-c3cc(I)ccc3N)n2)C1. The Balaban J connectivity index is 1.88. The largest absolute Gasteiger partial charge is 0.398 e. The van der Waals surface area contributed by atoms with Gasteiger partial charge in [0.25, 0.3) is 5.89 Å². The quantitative estimate of drug-likeness (QED) is 0.628. The third-order valence-corrected chi connectivity index (χ3v) is 3.92. The van der Waals surface area contributed by atoms with E-state index < -0.39 is 0 Å². The minimum atomic E-state index is -0.143. The van der Waals surface area contributed by atoms with Crippen molar-refractivity contribution in [1.29, 1.82) is 0 Å². The number of benzene rings is 1. The number of likely N-dealkylation sites (N-methyl/N-ethyl adjacent to an activating group) is 1. The summed E-state index contributed by atoms with van der Waals surface area (Å²) < 4.78 is 12.1. The van der Waals surface area contributed by atoms with Gasteiger partial charge in [-0.05, 0) is 47.8 Å². The number of hydrogen-bond acceptors (Lipinski definition) is 6. The first-order valence-electron chi connectivity index (χ1n) is 6.32. The molecule has 1 unspecified atom stereocenters. The molecule has 1 fully saturated rings. The summed E-state index contributed by atoms with van der Waals surface area (Å²) in [6, 6.07) is 5.71. The maximum absolute atomic E-state index is 5.96. The number of anilines is 1. The van der Waals surface area contributed by atoms with Crippen molar-refractivity contribution in [3.63, 3.8) is 0 Å². The lowest BCUT2D eigenvalue weighted by Gasteiger charge is -2.27. The second-order valence-electron chi connectivity index (χ2n) is 4.81. The molecule has 6 nitrogen and oxygen atoms in total. The van der Waals surface area contributed by atoms with Crippen molar-refractivity contribution >= 4 is 28.3 Å². The lowest BCUT2D eigenvalue weighted by atomic mass is 10.2. The maximum Gasteiger partial charge on any atom is 0.260 e. The fourth-order valence-electron chi connectivity index (χ4n) is 2.12. The van der Waals surface area contributed by atoms with E-state index in [4.69, 9.17) is 15.0 Å². The van der Waals surface area contributed by atoms with Gasteiger partial charge in [0.2, 0.25) is 5.82 Å². The Hall–Kier alpha value is -1.19. The summed E-state index contributed by atoms with van der Waals surface area (Å²) in [4.78, 5) is 6.61. The van der Waals surface area contributed by atoms with Gasteiger partial charge < -0.3 is 19.9 Å². The third-order valence-electron chi connectivity index (χ3n) is 3.25. The van der Waals surface area contributed by atoms with Crippen LogP contribution < -0.4 is 5.73 Å². The monoisotopic (exact) mass is 386 g/mol. The Morgan fingerprint density at radius 2 is 2.30 bits per heavy atom. The number of halogens is 1. The summed E-state index contributed by atoms with van der Waals surface area (Å²) in [7, 11) is 2.05. The van der Waals surface area contributed by atoms with Crippen LogP contribution in [0.5, 0.6) is 0 Å². The average Bonchev–Trinajstić information content (AvgIpc) is 2.91. The molecule has 0 saturated carbocycles. The van der Waals surface area contributed by atoms with Crippen LogP contribution in [-0.4, -0.2) is 41.8 Å². The van der Waals surface area contributed by atoms with Crippen LogP contribution in [0.1, 0.15) is 11.9 Å². The molecule has 1 aliphatic rings. The molecule has 2 aromatic rings. The highest BCUT2D eigenvalue weighted by Crippen LogP contribution is 2.28. The van der Waals surface area contributed by atoms with E-state index in [1.165, 1.54) is 0 Å². The van der Waals surface area contributed by atoms with Gasteiger partial charge in [0.15, 0.2) is 0 Å². The van der Waals surface area contributed by atoms with E-state index in [0.29, 0.717) is 24.0 Å². The fraction of sp³-hybridized carbons (Fsp3) is 0.385. The van der Waals surface area contributed by atoms with E-state index in [2.05, 4.69) is 37.6 Å². The van der Waals surface area contributed by atoms with Crippen molar-refractivity contribution in [3.8, 4) is 11.5 Å². The zero-order chi connectivity index (χ0) is 14.1. The van der Waals surface area contributed by atoms with E-state index in [0.717, 1.165) is 22.2 Å². The molecule has 0 aliphatic carbocycles. The number of nitrogens with zero attached hydrogens (tertiary/aromatic N) is 3. The van der Waals surface area contributed by atoms with Crippen molar-refractivity contribution in [1.82, 2.24) is 15.0 Å². The van der Waals surface area contributed by atoms with Gasteiger partial charge in [0.05, 0.1) is 12.2 Å². The van der Waals surface area contributed by atoms with Crippen LogP contribution >= 0.6 is 22.6 Å². The van der Waals surface area contributed by atoms with E-state index >= 15 is 0 Å². The van der Waals surface area contributed by atoms with Crippen molar-refractivity contribution in [3.05, 3.63) is 27.6 Å². The molecule has 3 rings (SSSR count). The van der Waals surface area contributed by atoms with Crippen LogP contribution in [0.15, 0.2) is 22.7 Å². The molecule has 20 heavy (non-hydrogen) atoms. The fourth-order valence-corrected chi connectivity index (χ4v) is 2.61. The zero-order valence-electron chi connectivity index (χ0n) is 11.0. The normalized spacial score (nSPS) is 20.2. The molecular weight excluding hydrogens is 371 g/mol. The highest BCUT2D eigenvalue weighted by atomic mass is 127. The Morgan fingerprint density at radius 3 is 3.10 bits per heavy atom. The molecule has 0 radical (unpaired) electrons. The Kier molecular flexibility index (Phi) is 3.90. The van der Waals surface area contributed by atoms with Gasteiger partial charge >= 0.3 is 0 Å². The molecule has 2 heterocycles. The number of rotatable bonds is 2. The molecule has 0 spiro atoms. The highest BCUT2D eigenvalue weighted by molar-refractivity contribution is 14.1. The molecule has 1 aromatic heterocycles. The molecule has 1 atom stereocenters. The first-order chi connectivity index (χ1) is 9.63. The van der Waals surface area contributed by atoms with Gasteiger partial charge in [-0.15, -0.1) is 0 Å². The van der Waals surface area contributed by atoms with Crippen LogP contribution in [0.25, 0.3) is 11.5 Å². The van der Waals surface area contributed by atoms with Crippen LogP contribution in [0, 0.1) is 3.57 Å². The highest BCUT2D eigenvalue weighted by Gasteiger charge is 2.25. The van der Waals surface area contributed by atoms with Crippen LogP contribution in [0.3, 0.4) is 0 Å². The summed E-state index contributed by atoms with van der Waals surface area (Å²) in [5.74, 6) is 1.01. The molecule has 1 saturated heterocycles. The number of aromatic nitrogens is 2. The van der Waals surface area contributed by atoms with Gasteiger partial charge in [0.1, 0.15) is 6.10 Å². The Labute approximate surface area is 130 Å². The summed E-state index contributed by atoms with van der Waals surface area (Å²) in [6.07, 6.45) is -0.143. The number of nitrogens with two attached hydrogens (primary N) is 1. The predicted octanol–water partition coefficient (Wildman–Crippen LogP) is 1.93. The standard InChI is InChI=1S/C13H15IN4O2/c1-18-4-5-19-11(7-18)12-16-13(20-17-12)9-6-8(14)2-3-10(9)15/h2-3,6,11H,4-5,7,15H2,1H3. The van der Waals surface area contributed by atoms with E-state index in [-0.39, 0.29) is 6.10 Å². The van der Waals surface area contributed by atoms with E-state index in [9.17, 15) is 0 Å². The maximum atomic E-state index is 5.96. The van der Waals surface area contributed by atoms with Gasteiger partial charge in [0, 0.05) is 22.3 Å². The zero-order valence-corrected chi connectivity index (χ0v) is 13.2. The molecule has 1 aliphatic heterocycles. The van der Waals surface area contributed by atoms with E-state index in [1.54, 1.807) is 0 Å². The third kappa shape index (κ3) is 2.79. The minimum Gasteiger partial charge on any atom is -0.398 e. The van der Waals surface area contributed by atoms with E-state index in [1.807, 2.05) is 25.2 Å². The second kappa shape index (κ2) is 5.66. The number of ether oxygens (including phenoxy) is 1. The van der Waals surface area contributed by atoms with Gasteiger partial charge in [-0.25, -0.2) is 0 Å². The van der Waals surface area contributed by atoms with Crippen LogP contribution in [-0.2, 0) is 4.74 Å². The van der Waals surface area contributed by atoms with Crippen LogP contribution in [0.4, 0.5) is 5.69 Å². The number of morpholine rings is 1. The molecule has 1 aromatic carbocycles. The first-order valence-corrected chi connectivity index (χ1v) is 7.40. The summed E-state index contributed by atoms with van der Waals surface area (Å²) in [6.45, 7) is 2.36. The Morgan fingerprint density at radius 1 is 1.45 bits per heavy atom. The molecular formula is C13H15IN4O2. The summed E-state index contributed by atoms with van der Waals surface area (Å²) >= 11 is 2.22. The molecule has 7 heteroatoms. The lowest BCUT2D eigenvalue weighted by molar-refractivity contribution is -0.0264. The minimum absolute atomic E-state index is 0.143. The van der Waals surface area contributed by atoms with Crippen molar-refractivity contribution in [2.24, 2.45) is 0 Å². The van der Waals surface area contributed by atoms with Crippen LogP contribution in [0.2, 0.25) is 0 Å². The number of nitrogen functional groups attached to an aromatic ring is 1. The smallest absolute Gasteiger partial charge is 0.260 e.